The van der Waals surface area contributed by atoms with E-state index in [1.165, 1.54) is 0 Å². The van der Waals surface area contributed by atoms with Crippen LogP contribution in [0.3, 0.4) is 0 Å². The van der Waals surface area contributed by atoms with Crippen molar-refractivity contribution in [3.05, 3.63) is 90.1 Å². The van der Waals surface area contributed by atoms with Gasteiger partial charge in [0.15, 0.2) is 0 Å². The molecule has 3 aromatic carbocycles. The number of carboxylic acid groups (broad SMARTS) is 1. The highest BCUT2D eigenvalue weighted by Crippen LogP contribution is 2.16. The lowest BCUT2D eigenvalue weighted by molar-refractivity contribution is -0.141. The molecule has 0 aliphatic heterocycles. The smallest absolute Gasteiger partial charge is 0.326 e. The highest BCUT2D eigenvalue weighted by atomic mass is 16.4. The van der Waals surface area contributed by atoms with Crippen LogP contribution >= 0.6 is 0 Å². The molecule has 0 aliphatic rings. The summed E-state index contributed by atoms with van der Waals surface area (Å²) in [5.74, 6) is -1.40. The third kappa shape index (κ3) is 4.41. The molecule has 0 saturated heterocycles. The number of para-hydroxylation sites is 1. The van der Waals surface area contributed by atoms with Crippen LogP contribution in [0.1, 0.15) is 11.3 Å². The molecule has 0 aliphatic carbocycles. The van der Waals surface area contributed by atoms with Crippen LogP contribution in [0.5, 0.6) is 0 Å². The zero-order valence-corrected chi connectivity index (χ0v) is 15.7. The molecule has 4 aromatic rings. The average Bonchev–Trinajstić information content (AvgIpc) is 2.73. The Bertz CT molecular complexity index is 1200. The maximum Gasteiger partial charge on any atom is 0.326 e. The number of hydrogen-bond donors (Lipinski definition) is 2. The highest BCUT2D eigenvalue weighted by molar-refractivity contribution is 5.87. The van der Waals surface area contributed by atoms with Crippen LogP contribution in [0.15, 0.2) is 78.9 Å². The molecule has 5 heteroatoms. The largest absolute Gasteiger partial charge is 0.480 e. The predicted molar refractivity (Wildman–Crippen MR) is 113 cm³/mol. The zero-order valence-electron chi connectivity index (χ0n) is 15.7. The van der Waals surface area contributed by atoms with Gasteiger partial charge in [-0.25, -0.2) is 4.79 Å². The van der Waals surface area contributed by atoms with Gasteiger partial charge in [-0.05, 0) is 28.5 Å². The molecule has 0 unspecified atom stereocenters. The number of nitrogens with one attached hydrogen (secondary N) is 1. The minimum absolute atomic E-state index is 0.125. The fraction of sp³-hybridized carbons (Fsp3) is 0.125. The maximum atomic E-state index is 12.5. The van der Waals surface area contributed by atoms with Crippen molar-refractivity contribution >= 4 is 33.6 Å². The summed E-state index contributed by atoms with van der Waals surface area (Å²) in [6.45, 7) is 0. The summed E-state index contributed by atoms with van der Waals surface area (Å²) >= 11 is 0. The van der Waals surface area contributed by atoms with Gasteiger partial charge in [-0.3, -0.25) is 9.78 Å². The summed E-state index contributed by atoms with van der Waals surface area (Å²) in [7, 11) is 0. The number of amides is 1. The van der Waals surface area contributed by atoms with Gasteiger partial charge < -0.3 is 10.4 Å². The van der Waals surface area contributed by atoms with Gasteiger partial charge in [0, 0.05) is 17.5 Å². The van der Waals surface area contributed by atoms with Gasteiger partial charge in [-0.15, -0.1) is 0 Å². The Kier molecular flexibility index (Phi) is 5.20. The number of rotatable bonds is 6. The monoisotopic (exact) mass is 384 g/mol. The molecular weight excluding hydrogens is 364 g/mol. The SMILES string of the molecule is O=C(Cc1ccc2ccccc2c1)N[C@@H](Cc1ccc2ccccc2n1)C(=O)O. The van der Waals surface area contributed by atoms with E-state index in [0.29, 0.717) is 5.69 Å². The normalized spacial score (nSPS) is 12.0. The number of carboxylic acids is 1. The molecule has 5 nitrogen and oxygen atoms in total. The number of aliphatic carboxylic acids is 1. The first-order chi connectivity index (χ1) is 14.1. The van der Waals surface area contributed by atoms with Crippen LogP contribution in [0.4, 0.5) is 0 Å². The zero-order chi connectivity index (χ0) is 20.2. The van der Waals surface area contributed by atoms with Crippen LogP contribution < -0.4 is 5.32 Å². The predicted octanol–water partition coefficient (Wildman–Crippen LogP) is 3.74. The van der Waals surface area contributed by atoms with E-state index >= 15 is 0 Å². The Morgan fingerprint density at radius 2 is 1.55 bits per heavy atom. The molecule has 144 valence electrons. The van der Waals surface area contributed by atoms with Crippen LogP contribution in [-0.4, -0.2) is 28.0 Å². The summed E-state index contributed by atoms with van der Waals surface area (Å²) in [6, 6.07) is 24.0. The summed E-state index contributed by atoms with van der Waals surface area (Å²) in [5.41, 5.74) is 2.27. The fourth-order valence-corrected chi connectivity index (χ4v) is 3.41. The van der Waals surface area contributed by atoms with E-state index in [-0.39, 0.29) is 18.7 Å². The Labute approximate surface area is 168 Å². The number of aromatic nitrogens is 1. The molecule has 0 fully saturated rings. The second kappa shape index (κ2) is 8.10. The molecule has 0 bridgehead atoms. The number of fused-ring (bicyclic) bond motifs is 2. The van der Waals surface area contributed by atoms with Crippen LogP contribution in [-0.2, 0) is 22.4 Å². The molecule has 4 rings (SSSR count). The van der Waals surface area contributed by atoms with Gasteiger partial charge in [0.25, 0.3) is 0 Å². The Morgan fingerprint density at radius 1 is 0.862 bits per heavy atom. The van der Waals surface area contributed by atoms with Crippen molar-refractivity contribution < 1.29 is 14.7 Å². The second-order valence-corrected chi connectivity index (χ2v) is 7.02. The molecule has 0 saturated carbocycles. The third-order valence-corrected chi connectivity index (χ3v) is 4.88. The first kappa shape index (κ1) is 18.6. The Hall–Kier alpha value is -3.73. The van der Waals surface area contributed by atoms with Crippen LogP contribution in [0.25, 0.3) is 21.7 Å². The number of nitrogens with zero attached hydrogens (tertiary/aromatic N) is 1. The van der Waals surface area contributed by atoms with E-state index in [9.17, 15) is 14.7 Å². The molecule has 1 amide bonds. The summed E-state index contributed by atoms with van der Waals surface area (Å²) in [6.07, 6.45) is 0.253. The molecule has 1 aromatic heterocycles. The van der Waals surface area contributed by atoms with Crippen molar-refractivity contribution in [2.24, 2.45) is 0 Å². The molecular formula is C24H20N2O3. The number of carbonyl (C=O) groups excluding carboxylic acids is 1. The lowest BCUT2D eigenvalue weighted by Gasteiger charge is -2.15. The maximum absolute atomic E-state index is 12.5. The third-order valence-electron chi connectivity index (χ3n) is 4.88. The van der Waals surface area contributed by atoms with E-state index in [1.807, 2.05) is 72.8 Å². The van der Waals surface area contributed by atoms with Crippen LogP contribution in [0.2, 0.25) is 0 Å². The van der Waals surface area contributed by atoms with E-state index in [0.717, 1.165) is 27.2 Å². The van der Waals surface area contributed by atoms with E-state index in [1.54, 1.807) is 6.07 Å². The van der Waals surface area contributed by atoms with Gasteiger partial charge in [-0.2, -0.15) is 0 Å². The molecule has 0 radical (unpaired) electrons. The van der Waals surface area contributed by atoms with Crippen molar-refractivity contribution in [1.82, 2.24) is 10.3 Å². The van der Waals surface area contributed by atoms with Gasteiger partial charge in [0.2, 0.25) is 5.91 Å². The molecule has 1 atom stereocenters. The minimum Gasteiger partial charge on any atom is -0.480 e. The average molecular weight is 384 g/mol. The van der Waals surface area contributed by atoms with Gasteiger partial charge >= 0.3 is 5.97 Å². The molecule has 1 heterocycles. The second-order valence-electron chi connectivity index (χ2n) is 7.02. The van der Waals surface area contributed by atoms with Crippen LogP contribution in [0, 0.1) is 0 Å². The van der Waals surface area contributed by atoms with Gasteiger partial charge in [-0.1, -0.05) is 66.7 Å². The molecule has 0 spiro atoms. The quantitative estimate of drug-likeness (QED) is 0.531. The van der Waals surface area contributed by atoms with Crippen molar-refractivity contribution in [2.75, 3.05) is 0 Å². The van der Waals surface area contributed by atoms with E-state index in [4.69, 9.17) is 0 Å². The first-order valence-corrected chi connectivity index (χ1v) is 9.43. The first-order valence-electron chi connectivity index (χ1n) is 9.43. The number of hydrogen-bond acceptors (Lipinski definition) is 3. The summed E-state index contributed by atoms with van der Waals surface area (Å²) < 4.78 is 0. The molecule has 29 heavy (non-hydrogen) atoms. The van der Waals surface area contributed by atoms with Crippen molar-refractivity contribution in [3.63, 3.8) is 0 Å². The minimum atomic E-state index is -1.08. The topological polar surface area (TPSA) is 79.3 Å². The number of benzene rings is 3. The van der Waals surface area contributed by atoms with E-state index in [2.05, 4.69) is 10.3 Å². The van der Waals surface area contributed by atoms with Gasteiger partial charge in [0.05, 0.1) is 11.9 Å². The Morgan fingerprint density at radius 3 is 2.34 bits per heavy atom. The highest BCUT2D eigenvalue weighted by Gasteiger charge is 2.21. The summed E-state index contributed by atoms with van der Waals surface area (Å²) in [5, 5.41) is 15.3. The van der Waals surface area contributed by atoms with Gasteiger partial charge in [0.1, 0.15) is 6.04 Å². The molecule has 2 N–H and O–H groups in total. The number of pyridine rings is 1. The standard InChI is InChI=1S/C24H20N2O3/c27-23(14-16-9-10-17-5-1-2-7-19(17)13-16)26-22(24(28)29)15-20-12-11-18-6-3-4-8-21(18)25-20/h1-13,22H,14-15H2,(H,26,27)(H,28,29)/t22-/m0/s1. The van der Waals surface area contributed by atoms with E-state index < -0.39 is 12.0 Å². The lowest BCUT2D eigenvalue weighted by atomic mass is 10.0. The van der Waals surface area contributed by atoms with Crippen molar-refractivity contribution in [3.8, 4) is 0 Å². The van der Waals surface area contributed by atoms with Crippen molar-refractivity contribution in [2.45, 2.75) is 18.9 Å². The lowest BCUT2D eigenvalue weighted by Crippen LogP contribution is -2.43. The summed E-state index contributed by atoms with van der Waals surface area (Å²) in [4.78, 5) is 28.7. The fourth-order valence-electron chi connectivity index (χ4n) is 3.41. The van der Waals surface area contributed by atoms with Crippen molar-refractivity contribution in [1.29, 1.82) is 0 Å². The number of carbonyl (C=O) groups is 2. The Balaban J connectivity index is 1.46.